The number of benzene rings is 1. The Kier molecular flexibility index (Phi) is 7.95. The molecule has 0 aliphatic rings. The Bertz CT molecular complexity index is 1170. The maximum atomic E-state index is 12.4. The number of hydrogen-bond donors (Lipinski definition) is 1. The molecule has 0 bridgehead atoms. The molecule has 31 heavy (non-hydrogen) atoms. The maximum Gasteiger partial charge on any atom is 0.358 e. The Morgan fingerprint density at radius 2 is 2.23 bits per heavy atom. The normalized spacial score (nSPS) is 11.5. The van der Waals surface area contributed by atoms with Crippen LogP contribution in [0.25, 0.3) is 22.2 Å². The van der Waals surface area contributed by atoms with Crippen LogP contribution in [0.4, 0.5) is 0 Å². The van der Waals surface area contributed by atoms with Crippen LogP contribution in [0.15, 0.2) is 42.6 Å². The molecule has 0 saturated carbocycles. The molecule has 7 nitrogen and oxygen atoms in total. The molecule has 2 aromatic heterocycles. The summed E-state index contributed by atoms with van der Waals surface area (Å²) in [5, 5.41) is 10.9. The molecule has 160 valence electrons. The fourth-order valence-corrected chi connectivity index (χ4v) is 4.31. The number of esters is 1. The second-order valence-electron chi connectivity index (χ2n) is 6.74. The lowest BCUT2D eigenvalue weighted by Crippen LogP contribution is -2.21. The molecule has 1 amide bonds. The van der Waals surface area contributed by atoms with E-state index in [1.807, 2.05) is 46.6 Å². The monoisotopic (exact) mass is 549 g/mol. The number of hydrogen-bond acceptors (Lipinski definition) is 6. The average Bonchev–Trinajstić information content (AvgIpc) is 3.23. The molecule has 0 spiro atoms. The molecular formula is C22H20IN3O4S. The number of rotatable bonds is 7. The molecule has 1 aromatic carbocycles. The van der Waals surface area contributed by atoms with Crippen molar-refractivity contribution < 1.29 is 19.4 Å². The lowest BCUT2D eigenvalue weighted by Gasteiger charge is -2.10. The van der Waals surface area contributed by atoms with E-state index in [9.17, 15) is 14.7 Å². The summed E-state index contributed by atoms with van der Waals surface area (Å²) in [6.07, 6.45) is 2.12. The van der Waals surface area contributed by atoms with Gasteiger partial charge in [0.1, 0.15) is 6.10 Å². The van der Waals surface area contributed by atoms with E-state index in [4.69, 9.17) is 4.74 Å². The summed E-state index contributed by atoms with van der Waals surface area (Å²) in [6, 6.07) is 11.3. The Morgan fingerprint density at radius 1 is 1.42 bits per heavy atom. The first-order valence-corrected chi connectivity index (χ1v) is 12.6. The third-order valence-electron chi connectivity index (χ3n) is 4.56. The number of aromatic nitrogens is 2. The number of pyridine rings is 1. The van der Waals surface area contributed by atoms with Crippen LogP contribution in [0.1, 0.15) is 22.5 Å². The van der Waals surface area contributed by atoms with E-state index in [1.165, 1.54) is 21.1 Å². The fourth-order valence-electron chi connectivity index (χ4n) is 2.96. The van der Waals surface area contributed by atoms with E-state index in [0.29, 0.717) is 36.1 Å². The summed E-state index contributed by atoms with van der Waals surface area (Å²) in [6.45, 7) is 0.425. The highest BCUT2D eigenvalue weighted by molar-refractivity contribution is 14.2. The van der Waals surface area contributed by atoms with E-state index in [0.717, 1.165) is 10.9 Å². The van der Waals surface area contributed by atoms with Crippen LogP contribution < -0.4 is 0 Å². The number of aliphatic hydroxyl groups excluding tert-OH is 1. The third-order valence-corrected chi connectivity index (χ3v) is 6.29. The van der Waals surface area contributed by atoms with Gasteiger partial charge >= 0.3 is 5.97 Å². The Labute approximate surface area is 196 Å². The van der Waals surface area contributed by atoms with Crippen LogP contribution in [-0.4, -0.2) is 58.1 Å². The van der Waals surface area contributed by atoms with E-state index >= 15 is 0 Å². The fraction of sp³-hybridized carbons (Fsp3) is 0.227. The van der Waals surface area contributed by atoms with Crippen LogP contribution in [0.3, 0.4) is 0 Å². The topological polar surface area (TPSA) is 84.7 Å². The molecule has 1 N–H and O–H groups in total. The van der Waals surface area contributed by atoms with Crippen molar-refractivity contribution >= 4 is 53.6 Å². The summed E-state index contributed by atoms with van der Waals surface area (Å²) in [5.74, 6) is 5.26. The zero-order valence-electron chi connectivity index (χ0n) is 16.9. The average molecular weight is 549 g/mol. The van der Waals surface area contributed by atoms with E-state index in [-0.39, 0.29) is 5.69 Å². The van der Waals surface area contributed by atoms with Crippen molar-refractivity contribution in [1.29, 1.82) is 0 Å². The van der Waals surface area contributed by atoms with Crippen LogP contribution >= 0.6 is 30.3 Å². The number of carbonyl (C=O) groups is 2. The number of ether oxygens (including phenoxy) is 1. The van der Waals surface area contributed by atoms with Crippen molar-refractivity contribution in [2.45, 2.75) is 12.5 Å². The van der Waals surface area contributed by atoms with Gasteiger partial charge in [-0.15, -0.1) is 0 Å². The number of methoxy groups -OCH3 is 1. The predicted molar refractivity (Wildman–Crippen MR) is 130 cm³/mol. The standard InChI is InChI=1S/C22H20IN3O4S/c1-25(14-27)10-9-18(28)7-6-15-4-3-5-16(12-15)19-13-17-8-11-26(31-23)21(17)20(24-19)22(29)30-2/h3-5,8,11-14,18,28H,9-10H2,1-2H3. The largest absolute Gasteiger partial charge is 0.464 e. The SMILES string of the molecule is COC(=O)c1nc(-c2cccc(C#CC(O)CCN(C)C=O)c2)cc2ccn(SI)c12. The first-order valence-electron chi connectivity index (χ1n) is 9.32. The molecule has 3 aromatic rings. The quantitative estimate of drug-likeness (QED) is 0.210. The van der Waals surface area contributed by atoms with E-state index in [1.54, 1.807) is 7.05 Å². The van der Waals surface area contributed by atoms with Gasteiger partial charge in [0.15, 0.2) is 5.69 Å². The highest BCUT2D eigenvalue weighted by Gasteiger charge is 2.18. The van der Waals surface area contributed by atoms with Gasteiger partial charge in [0, 0.05) is 73.0 Å². The Balaban J connectivity index is 1.93. The summed E-state index contributed by atoms with van der Waals surface area (Å²) in [5.41, 5.74) is 3.08. The van der Waals surface area contributed by atoms with Gasteiger partial charge in [0.2, 0.25) is 6.41 Å². The van der Waals surface area contributed by atoms with Crippen molar-refractivity contribution in [1.82, 2.24) is 13.9 Å². The van der Waals surface area contributed by atoms with Crippen molar-refractivity contribution in [2.24, 2.45) is 0 Å². The van der Waals surface area contributed by atoms with E-state index < -0.39 is 12.1 Å². The van der Waals surface area contributed by atoms with Gasteiger partial charge in [-0.3, -0.25) is 8.77 Å². The van der Waals surface area contributed by atoms with Gasteiger partial charge in [-0.25, -0.2) is 9.78 Å². The molecular weight excluding hydrogens is 529 g/mol. The Morgan fingerprint density at radius 3 is 2.94 bits per heavy atom. The van der Waals surface area contributed by atoms with Gasteiger partial charge in [0.05, 0.1) is 18.3 Å². The first kappa shape index (κ1) is 23.1. The smallest absolute Gasteiger partial charge is 0.358 e. The summed E-state index contributed by atoms with van der Waals surface area (Å²) >= 11 is 2.14. The number of fused-ring (bicyclic) bond motifs is 1. The predicted octanol–water partition coefficient (Wildman–Crippen LogP) is 3.53. The van der Waals surface area contributed by atoms with Crippen molar-refractivity contribution in [3.63, 3.8) is 0 Å². The molecule has 0 aliphatic carbocycles. The molecule has 9 heteroatoms. The first-order chi connectivity index (χ1) is 15.0. The highest BCUT2D eigenvalue weighted by atomic mass is 127. The lowest BCUT2D eigenvalue weighted by molar-refractivity contribution is -0.117. The molecule has 1 unspecified atom stereocenters. The molecule has 0 fully saturated rings. The molecule has 3 rings (SSSR count). The van der Waals surface area contributed by atoms with Gasteiger partial charge in [-0.05, 0) is 24.3 Å². The molecule has 1 atom stereocenters. The molecule has 0 aliphatic heterocycles. The molecule has 2 heterocycles. The zero-order valence-corrected chi connectivity index (χ0v) is 19.9. The lowest BCUT2D eigenvalue weighted by atomic mass is 10.1. The second-order valence-corrected chi connectivity index (χ2v) is 8.45. The van der Waals surface area contributed by atoms with Crippen LogP contribution in [-0.2, 0) is 9.53 Å². The maximum absolute atomic E-state index is 12.4. The van der Waals surface area contributed by atoms with E-state index in [2.05, 4.69) is 38.0 Å². The van der Waals surface area contributed by atoms with Crippen LogP contribution in [0.5, 0.6) is 0 Å². The summed E-state index contributed by atoms with van der Waals surface area (Å²) in [7, 11) is 4.43. The minimum absolute atomic E-state index is 0.246. The van der Waals surface area contributed by atoms with Gasteiger partial charge < -0.3 is 14.7 Å². The zero-order chi connectivity index (χ0) is 22.4. The van der Waals surface area contributed by atoms with Crippen LogP contribution in [0.2, 0.25) is 0 Å². The van der Waals surface area contributed by atoms with Gasteiger partial charge in [-0.1, -0.05) is 24.0 Å². The minimum atomic E-state index is -0.836. The summed E-state index contributed by atoms with van der Waals surface area (Å²) < 4.78 is 6.80. The van der Waals surface area contributed by atoms with Crippen molar-refractivity contribution in [3.05, 3.63) is 53.9 Å². The Hall–Kier alpha value is -2.55. The third kappa shape index (κ3) is 5.58. The number of carbonyl (C=O) groups excluding carboxylic acids is 2. The van der Waals surface area contributed by atoms with Crippen LogP contribution in [0, 0.1) is 11.8 Å². The van der Waals surface area contributed by atoms with Gasteiger partial charge in [-0.2, -0.15) is 0 Å². The number of aliphatic hydroxyl groups is 1. The second kappa shape index (κ2) is 10.7. The van der Waals surface area contributed by atoms with Crippen molar-refractivity contribution in [3.8, 4) is 23.1 Å². The number of halogens is 1. The number of amides is 1. The number of nitrogens with zero attached hydrogens (tertiary/aromatic N) is 3. The highest BCUT2D eigenvalue weighted by Crippen LogP contribution is 2.30. The minimum Gasteiger partial charge on any atom is -0.464 e. The molecule has 0 radical (unpaired) electrons. The summed E-state index contributed by atoms with van der Waals surface area (Å²) in [4.78, 5) is 29.0. The van der Waals surface area contributed by atoms with Gasteiger partial charge in [0.25, 0.3) is 0 Å². The molecule has 0 saturated heterocycles. The van der Waals surface area contributed by atoms with Crippen molar-refractivity contribution in [2.75, 3.05) is 20.7 Å².